The molecule has 1 aliphatic carbocycles. The van der Waals surface area contributed by atoms with E-state index in [4.69, 9.17) is 49.0 Å². The summed E-state index contributed by atoms with van der Waals surface area (Å²) in [5.41, 5.74) is 2.90. The lowest BCUT2D eigenvalue weighted by Crippen LogP contribution is -2.61. The standard InChI is InChI=1S/C38H38Cl3F2N3O10S/c39-29-5-1-4-25(34(29)40)20-44(26-10-11-26)37(47)33-28(24-8-6-23(7-9-24)3-2-14-54-36-31(43)13-12-30(42)35(36)41)19-27-21-57(51,52)22-32(33)45(27)38(48)55-17-15-53-16-18-56-46(49)50/h1,4-9,12-13,26-27,32H,2-3,10-11,14-22H2. The topological polar surface area (TPSA) is 155 Å². The molecule has 3 aromatic carbocycles. The van der Waals surface area contributed by atoms with Crippen LogP contribution in [0.15, 0.2) is 60.2 Å². The fourth-order valence-corrected chi connectivity index (χ4v) is 9.42. The number of aryl methyl sites for hydroxylation is 1. The van der Waals surface area contributed by atoms with Crippen LogP contribution in [0.25, 0.3) is 5.57 Å². The Morgan fingerprint density at radius 2 is 1.63 bits per heavy atom. The van der Waals surface area contributed by atoms with Gasteiger partial charge >= 0.3 is 6.09 Å². The Labute approximate surface area is 342 Å². The number of carbonyl (C=O) groups is 2. The number of halogens is 5. The molecule has 19 heteroatoms. The maximum absolute atomic E-state index is 14.9. The molecule has 57 heavy (non-hydrogen) atoms. The van der Waals surface area contributed by atoms with Crippen LogP contribution in [-0.2, 0) is 41.9 Å². The number of amides is 2. The summed E-state index contributed by atoms with van der Waals surface area (Å²) < 4.78 is 70.9. The highest BCUT2D eigenvalue weighted by Gasteiger charge is 2.51. The molecule has 0 N–H and O–H groups in total. The van der Waals surface area contributed by atoms with Gasteiger partial charge in [0.25, 0.3) is 11.0 Å². The molecule has 2 aliphatic heterocycles. The molecule has 6 rings (SSSR count). The Kier molecular flexibility index (Phi) is 13.8. The zero-order chi connectivity index (χ0) is 40.9. The van der Waals surface area contributed by atoms with E-state index in [2.05, 4.69) is 4.84 Å². The lowest BCUT2D eigenvalue weighted by Gasteiger charge is -2.47. The first kappa shape index (κ1) is 42.4. The number of nitrogens with zero attached hydrogens (tertiary/aromatic N) is 3. The summed E-state index contributed by atoms with van der Waals surface area (Å²) in [5.74, 6) is -3.23. The molecular weight excluding hydrogens is 835 g/mol. The first-order valence-electron chi connectivity index (χ1n) is 18.1. The quantitative estimate of drug-likeness (QED) is 0.0593. The van der Waals surface area contributed by atoms with Crippen LogP contribution in [0.5, 0.6) is 5.75 Å². The Balaban J connectivity index is 1.27. The summed E-state index contributed by atoms with van der Waals surface area (Å²) in [6, 6.07) is 12.1. The van der Waals surface area contributed by atoms with Gasteiger partial charge in [0.1, 0.15) is 24.1 Å². The largest absolute Gasteiger partial charge is 0.489 e. The number of benzene rings is 3. The third kappa shape index (κ3) is 10.5. The van der Waals surface area contributed by atoms with Crippen molar-refractivity contribution in [2.75, 3.05) is 44.5 Å². The monoisotopic (exact) mass is 871 g/mol. The SMILES string of the molecule is O=C(C1=C(c2ccc(CCCOc3c(F)ccc(F)c3Cl)cc2)CC2CS(=O)(=O)CC1N2C(=O)OCCOCCO[N+](=O)[O-])N(Cc1cccc(Cl)c1Cl)C1CC1. The van der Waals surface area contributed by atoms with Crippen LogP contribution < -0.4 is 4.74 Å². The van der Waals surface area contributed by atoms with Crippen molar-refractivity contribution in [2.24, 2.45) is 0 Å². The summed E-state index contributed by atoms with van der Waals surface area (Å²) in [5, 5.41) is 9.58. The van der Waals surface area contributed by atoms with Gasteiger partial charge in [-0.3, -0.25) is 9.69 Å². The normalized spacial score (nSPS) is 18.6. The molecule has 1 saturated heterocycles. The number of carbonyl (C=O) groups excluding carboxylic acids is 2. The molecule has 306 valence electrons. The number of rotatable bonds is 17. The second-order valence-corrected chi connectivity index (χ2v) is 17.0. The number of sulfone groups is 1. The van der Waals surface area contributed by atoms with E-state index in [9.17, 15) is 36.9 Å². The smallest absolute Gasteiger partial charge is 0.410 e. The van der Waals surface area contributed by atoms with E-state index in [-0.39, 0.29) is 69.1 Å². The second kappa shape index (κ2) is 18.6. The lowest BCUT2D eigenvalue weighted by molar-refractivity contribution is -0.758. The molecule has 0 spiro atoms. The van der Waals surface area contributed by atoms with Crippen LogP contribution in [0.3, 0.4) is 0 Å². The van der Waals surface area contributed by atoms with Crippen LogP contribution in [-0.4, -0.2) is 98.0 Å². The van der Waals surface area contributed by atoms with E-state index in [0.717, 1.165) is 17.7 Å². The van der Waals surface area contributed by atoms with Crippen molar-refractivity contribution in [3.63, 3.8) is 0 Å². The molecule has 3 aromatic rings. The van der Waals surface area contributed by atoms with Gasteiger partial charge in [0, 0.05) is 18.2 Å². The molecule has 3 aliphatic rings. The third-order valence-corrected chi connectivity index (χ3v) is 12.7. The Morgan fingerprint density at radius 1 is 0.912 bits per heavy atom. The summed E-state index contributed by atoms with van der Waals surface area (Å²) in [4.78, 5) is 46.2. The minimum atomic E-state index is -3.72. The van der Waals surface area contributed by atoms with Crippen molar-refractivity contribution in [1.29, 1.82) is 0 Å². The molecule has 1 saturated carbocycles. The highest BCUT2D eigenvalue weighted by molar-refractivity contribution is 7.91. The fraction of sp³-hybridized carbons (Fsp3) is 0.421. The zero-order valence-electron chi connectivity index (χ0n) is 30.3. The van der Waals surface area contributed by atoms with Gasteiger partial charge in [0.2, 0.25) is 0 Å². The number of hydrogen-bond acceptors (Lipinski definition) is 10. The maximum atomic E-state index is 14.9. The summed E-state index contributed by atoms with van der Waals surface area (Å²) in [6.07, 6.45) is 1.58. The average molecular weight is 873 g/mol. The molecule has 2 amide bonds. The van der Waals surface area contributed by atoms with E-state index < -0.39 is 61.4 Å². The van der Waals surface area contributed by atoms with E-state index in [1.54, 1.807) is 23.1 Å². The highest BCUT2D eigenvalue weighted by Crippen LogP contribution is 2.42. The first-order chi connectivity index (χ1) is 27.2. The van der Waals surface area contributed by atoms with Gasteiger partial charge < -0.3 is 23.9 Å². The third-order valence-electron chi connectivity index (χ3n) is 9.79. The molecule has 2 atom stereocenters. The Bertz CT molecular complexity index is 2140. The van der Waals surface area contributed by atoms with E-state index in [1.165, 1.54) is 4.90 Å². The summed E-state index contributed by atoms with van der Waals surface area (Å²) in [6.45, 7) is -0.626. The van der Waals surface area contributed by atoms with Crippen molar-refractivity contribution in [2.45, 2.75) is 56.8 Å². The van der Waals surface area contributed by atoms with Gasteiger partial charge in [-0.25, -0.2) is 22.0 Å². The summed E-state index contributed by atoms with van der Waals surface area (Å²) >= 11 is 18.7. The number of hydrogen-bond donors (Lipinski definition) is 0. The van der Waals surface area contributed by atoms with Gasteiger partial charge in [-0.05, 0) is 72.6 Å². The Morgan fingerprint density at radius 3 is 2.35 bits per heavy atom. The van der Waals surface area contributed by atoms with Crippen LogP contribution in [0.4, 0.5) is 13.6 Å². The molecular formula is C38H38Cl3F2N3O10S. The van der Waals surface area contributed by atoms with Gasteiger partial charge in [-0.15, -0.1) is 10.1 Å². The molecule has 2 fully saturated rings. The van der Waals surface area contributed by atoms with Gasteiger partial charge in [-0.2, -0.15) is 0 Å². The molecule has 0 aromatic heterocycles. The molecule has 2 heterocycles. The van der Waals surface area contributed by atoms with Crippen LogP contribution in [0, 0.1) is 21.7 Å². The van der Waals surface area contributed by atoms with E-state index >= 15 is 0 Å². The number of ether oxygens (including phenoxy) is 3. The van der Waals surface area contributed by atoms with Gasteiger partial charge in [-0.1, -0.05) is 71.2 Å². The fourth-order valence-electron chi connectivity index (χ4n) is 7.03. The van der Waals surface area contributed by atoms with E-state index in [0.29, 0.717) is 52.4 Å². The highest BCUT2D eigenvalue weighted by atomic mass is 35.5. The van der Waals surface area contributed by atoms with Crippen molar-refractivity contribution in [3.8, 4) is 5.75 Å². The molecule has 2 unspecified atom stereocenters. The predicted octanol–water partition coefficient (Wildman–Crippen LogP) is 7.11. The van der Waals surface area contributed by atoms with Gasteiger partial charge in [0.05, 0.1) is 53.5 Å². The number of fused-ring (bicyclic) bond motifs is 2. The summed E-state index contributed by atoms with van der Waals surface area (Å²) in [7, 11) is -3.72. The van der Waals surface area contributed by atoms with E-state index in [1.807, 2.05) is 24.3 Å². The minimum Gasteiger partial charge on any atom is -0.489 e. The average Bonchev–Trinajstić information content (AvgIpc) is 4.01. The van der Waals surface area contributed by atoms with Crippen molar-refractivity contribution < 1.29 is 50.9 Å². The first-order valence-corrected chi connectivity index (χ1v) is 21.0. The second-order valence-electron chi connectivity index (χ2n) is 13.7. The van der Waals surface area contributed by atoms with Crippen molar-refractivity contribution >= 4 is 62.2 Å². The van der Waals surface area contributed by atoms with Crippen LogP contribution in [0.2, 0.25) is 15.1 Å². The molecule has 13 nitrogen and oxygen atoms in total. The van der Waals surface area contributed by atoms with Gasteiger partial charge in [0.15, 0.2) is 21.4 Å². The minimum absolute atomic E-state index is 0.0320. The molecule has 0 radical (unpaired) electrons. The predicted molar refractivity (Wildman–Crippen MR) is 206 cm³/mol. The maximum Gasteiger partial charge on any atom is 0.410 e. The van der Waals surface area contributed by atoms with Crippen molar-refractivity contribution in [1.82, 2.24) is 9.80 Å². The van der Waals surface area contributed by atoms with Crippen molar-refractivity contribution in [3.05, 3.63) is 114 Å². The lowest BCUT2D eigenvalue weighted by atomic mass is 9.84. The van der Waals surface area contributed by atoms with Crippen LogP contribution >= 0.6 is 34.8 Å². The molecule has 2 bridgehead atoms. The van der Waals surface area contributed by atoms with Crippen LogP contribution in [0.1, 0.15) is 42.4 Å². The zero-order valence-corrected chi connectivity index (χ0v) is 33.4. The Hall–Kier alpha value is -4.22.